The van der Waals surface area contributed by atoms with Crippen molar-refractivity contribution < 1.29 is 0 Å². The maximum absolute atomic E-state index is 5.60. The summed E-state index contributed by atoms with van der Waals surface area (Å²) in [7, 11) is 0. The van der Waals surface area contributed by atoms with Gasteiger partial charge in [0.2, 0.25) is 0 Å². The van der Waals surface area contributed by atoms with Gasteiger partial charge in [-0.05, 0) is 118 Å². The molecule has 0 aliphatic carbocycles. The first-order chi connectivity index (χ1) is 33.6. The molecule has 0 saturated heterocycles. The van der Waals surface area contributed by atoms with Gasteiger partial charge in [-0.3, -0.25) is 0 Å². The predicted octanol–water partition coefficient (Wildman–Crippen LogP) is 17.2. The molecule has 14 aromatic rings. The molecule has 0 saturated carbocycles. The van der Waals surface area contributed by atoms with Crippen molar-refractivity contribution in [1.82, 2.24) is 9.88 Å². The summed E-state index contributed by atoms with van der Waals surface area (Å²) in [6.07, 6.45) is -0.390. The van der Waals surface area contributed by atoms with Crippen LogP contribution >= 0.6 is 34.0 Å². The minimum Gasteiger partial charge on any atom is -0.344 e. The van der Waals surface area contributed by atoms with Gasteiger partial charge in [-0.1, -0.05) is 115 Å². The maximum Gasteiger partial charge on any atom is 0.160 e. The maximum atomic E-state index is 5.60. The summed E-state index contributed by atoms with van der Waals surface area (Å²) >= 11 is 5.52. The third-order valence-electron chi connectivity index (χ3n) is 13.8. The molecular formula is C61H36N4S3. The SMILES string of the molecule is c1ccc2cc3c(cc2c1)c1ccccc1n3-c1ccc(C2=NC(c3ccc4sc5ccccc5c4c3)NC(c3ccc4sc5ccccc5c4c3)=N2)c(-c2ccc3c(c2)sc2ccccc23)c1. The summed E-state index contributed by atoms with van der Waals surface area (Å²) in [6, 6.07) is 75.7. The molecule has 5 heterocycles. The molecule has 318 valence electrons. The zero-order chi connectivity index (χ0) is 44.5. The number of nitrogens with zero attached hydrogens (tertiary/aromatic N) is 3. The number of benzene rings is 10. The molecule has 0 amide bonds. The molecule has 15 rings (SSSR count). The summed E-state index contributed by atoms with van der Waals surface area (Å²) in [5.74, 6) is 1.50. The van der Waals surface area contributed by atoms with E-state index in [1.165, 1.54) is 93.1 Å². The van der Waals surface area contributed by atoms with E-state index in [9.17, 15) is 0 Å². The number of amidine groups is 2. The van der Waals surface area contributed by atoms with Gasteiger partial charge in [0.05, 0.1) is 11.0 Å². The fourth-order valence-corrected chi connectivity index (χ4v) is 13.9. The van der Waals surface area contributed by atoms with Gasteiger partial charge in [-0.25, -0.2) is 9.98 Å². The second kappa shape index (κ2) is 14.8. The standard InChI is InChI=1S/C61H36N4S3/c1-2-12-36-32-52-48(29-35(36)11-1)41-13-3-7-17-51(41)65(52)40-24-26-46(47(34-40)37-21-25-45-42-14-4-8-18-53(42)68-58(45)33-37)61-63-59(38-22-27-56-49(30-38)43-15-5-9-19-54(43)66-56)62-60(64-61)39-23-28-57-50(31-39)44-16-6-10-20-55(44)67-57/h1-34,59H,(H,62,63,64). The first-order valence-corrected chi connectivity index (χ1v) is 25.3. The highest BCUT2D eigenvalue weighted by atomic mass is 32.1. The third kappa shape index (κ3) is 5.90. The van der Waals surface area contributed by atoms with Crippen LogP contribution in [-0.4, -0.2) is 16.2 Å². The van der Waals surface area contributed by atoms with Gasteiger partial charge in [-0.2, -0.15) is 0 Å². The number of nitrogens with one attached hydrogen (secondary N) is 1. The van der Waals surface area contributed by atoms with Gasteiger partial charge in [0.25, 0.3) is 0 Å². The van der Waals surface area contributed by atoms with Crippen LogP contribution in [0, 0.1) is 0 Å². The number of rotatable bonds is 5. The zero-order valence-electron chi connectivity index (χ0n) is 36.3. The second-order valence-electron chi connectivity index (χ2n) is 17.7. The van der Waals surface area contributed by atoms with Crippen LogP contribution in [0.1, 0.15) is 22.9 Å². The number of aliphatic imine (C=N–C) groups is 2. The molecule has 1 N–H and O–H groups in total. The van der Waals surface area contributed by atoms with Crippen molar-refractivity contribution in [1.29, 1.82) is 0 Å². The van der Waals surface area contributed by atoms with E-state index in [4.69, 9.17) is 9.98 Å². The Balaban J connectivity index is 0.976. The van der Waals surface area contributed by atoms with E-state index in [0.29, 0.717) is 5.84 Å². The van der Waals surface area contributed by atoms with E-state index < -0.39 is 6.17 Å². The molecule has 7 heteroatoms. The van der Waals surface area contributed by atoms with Crippen molar-refractivity contribution in [2.45, 2.75) is 6.17 Å². The smallest absolute Gasteiger partial charge is 0.160 e. The van der Waals surface area contributed by atoms with Crippen molar-refractivity contribution in [3.8, 4) is 16.8 Å². The average Bonchev–Trinajstić information content (AvgIpc) is 4.16. The van der Waals surface area contributed by atoms with Crippen LogP contribution in [0.5, 0.6) is 0 Å². The van der Waals surface area contributed by atoms with E-state index in [1.807, 2.05) is 34.0 Å². The summed E-state index contributed by atoms with van der Waals surface area (Å²) in [5, 5.41) is 16.3. The monoisotopic (exact) mass is 920 g/mol. The Labute approximate surface area is 402 Å². The van der Waals surface area contributed by atoms with Gasteiger partial charge >= 0.3 is 0 Å². The molecule has 0 radical (unpaired) electrons. The van der Waals surface area contributed by atoms with Crippen molar-refractivity contribution >= 4 is 139 Å². The Hall–Kier alpha value is -7.94. The van der Waals surface area contributed by atoms with E-state index in [2.05, 4.69) is 216 Å². The van der Waals surface area contributed by atoms with Crippen molar-refractivity contribution in [3.63, 3.8) is 0 Å². The van der Waals surface area contributed by atoms with Gasteiger partial charge < -0.3 is 9.88 Å². The average molecular weight is 921 g/mol. The van der Waals surface area contributed by atoms with Gasteiger partial charge in [0, 0.05) is 88.1 Å². The molecule has 0 spiro atoms. The first kappa shape index (κ1) is 38.2. The fourth-order valence-electron chi connectivity index (χ4n) is 10.6. The Morgan fingerprint density at radius 1 is 0.382 bits per heavy atom. The summed E-state index contributed by atoms with van der Waals surface area (Å²) in [4.78, 5) is 11.1. The van der Waals surface area contributed by atoms with Crippen molar-refractivity contribution in [3.05, 3.63) is 223 Å². The number of aromatic nitrogens is 1. The molecule has 1 atom stereocenters. The molecule has 1 aliphatic heterocycles. The molecule has 4 nitrogen and oxygen atoms in total. The Morgan fingerprint density at radius 3 is 1.74 bits per heavy atom. The van der Waals surface area contributed by atoms with E-state index in [-0.39, 0.29) is 0 Å². The number of fused-ring (bicyclic) bond motifs is 13. The van der Waals surface area contributed by atoms with Crippen molar-refractivity contribution in [2.24, 2.45) is 9.98 Å². The first-order valence-electron chi connectivity index (χ1n) is 22.9. The Kier molecular flexibility index (Phi) is 8.30. The molecule has 0 bridgehead atoms. The number of thiophene rings is 3. The summed E-state index contributed by atoms with van der Waals surface area (Å²) in [6.45, 7) is 0. The topological polar surface area (TPSA) is 41.7 Å². The second-order valence-corrected chi connectivity index (χ2v) is 21.0. The number of hydrogen-bond acceptors (Lipinski definition) is 6. The molecule has 0 fully saturated rings. The molecular weight excluding hydrogens is 885 g/mol. The molecule has 10 aromatic carbocycles. The van der Waals surface area contributed by atoms with Gasteiger partial charge in [0.1, 0.15) is 12.0 Å². The minimum absolute atomic E-state index is 0.390. The lowest BCUT2D eigenvalue weighted by Crippen LogP contribution is -2.33. The largest absolute Gasteiger partial charge is 0.344 e. The van der Waals surface area contributed by atoms with E-state index in [1.54, 1.807) is 0 Å². The predicted molar refractivity (Wildman–Crippen MR) is 294 cm³/mol. The van der Waals surface area contributed by atoms with Gasteiger partial charge in [-0.15, -0.1) is 34.0 Å². The lowest BCUT2D eigenvalue weighted by atomic mass is 9.96. The molecule has 1 unspecified atom stereocenters. The minimum atomic E-state index is -0.390. The molecule has 4 aromatic heterocycles. The van der Waals surface area contributed by atoms with Crippen LogP contribution < -0.4 is 5.32 Å². The van der Waals surface area contributed by atoms with Crippen LogP contribution in [0.4, 0.5) is 0 Å². The normalized spacial score (nSPS) is 14.3. The lowest BCUT2D eigenvalue weighted by molar-refractivity contribution is 0.675. The van der Waals surface area contributed by atoms with Crippen LogP contribution in [0.3, 0.4) is 0 Å². The van der Waals surface area contributed by atoms with Crippen LogP contribution in [0.15, 0.2) is 216 Å². The van der Waals surface area contributed by atoms with Crippen molar-refractivity contribution in [2.75, 3.05) is 0 Å². The summed E-state index contributed by atoms with van der Waals surface area (Å²) < 4.78 is 10.1. The molecule has 68 heavy (non-hydrogen) atoms. The lowest BCUT2D eigenvalue weighted by Gasteiger charge is -2.25. The zero-order valence-corrected chi connectivity index (χ0v) is 38.7. The van der Waals surface area contributed by atoms with E-state index in [0.717, 1.165) is 39.3 Å². The summed E-state index contributed by atoms with van der Waals surface area (Å²) in [5.41, 5.74) is 8.74. The molecule has 1 aliphatic rings. The highest BCUT2D eigenvalue weighted by Gasteiger charge is 2.25. The Morgan fingerprint density at radius 2 is 0.971 bits per heavy atom. The van der Waals surface area contributed by atoms with Crippen LogP contribution in [-0.2, 0) is 0 Å². The highest BCUT2D eigenvalue weighted by Crippen LogP contribution is 2.42. The van der Waals surface area contributed by atoms with E-state index >= 15 is 0 Å². The van der Waals surface area contributed by atoms with Crippen LogP contribution in [0.2, 0.25) is 0 Å². The van der Waals surface area contributed by atoms with Gasteiger partial charge in [0.15, 0.2) is 5.84 Å². The number of hydrogen-bond donors (Lipinski definition) is 1. The van der Waals surface area contributed by atoms with Crippen LogP contribution in [0.25, 0.3) is 110 Å². The highest BCUT2D eigenvalue weighted by molar-refractivity contribution is 7.26. The number of para-hydroxylation sites is 1. The quantitative estimate of drug-likeness (QED) is 0.184. The fraction of sp³-hybridized carbons (Fsp3) is 0.0164. The third-order valence-corrected chi connectivity index (χ3v) is 17.3. The Bertz CT molecular complexity index is 4500.